The van der Waals surface area contributed by atoms with E-state index in [2.05, 4.69) is 15.2 Å². The van der Waals surface area contributed by atoms with Gasteiger partial charge in [0.2, 0.25) is 0 Å². The normalized spacial score (nSPS) is 16.8. The monoisotopic (exact) mass is 516 g/mol. The summed E-state index contributed by atoms with van der Waals surface area (Å²) < 4.78 is 40.6. The molecular formula is C23H23F3N8O3. The number of aromatic nitrogens is 6. The van der Waals surface area contributed by atoms with E-state index in [1.807, 2.05) is 17.9 Å². The van der Waals surface area contributed by atoms with Crippen LogP contribution < -0.4 is 4.90 Å². The van der Waals surface area contributed by atoms with Crippen LogP contribution >= 0.6 is 0 Å². The van der Waals surface area contributed by atoms with Gasteiger partial charge in [-0.05, 0) is 24.6 Å². The van der Waals surface area contributed by atoms with Gasteiger partial charge >= 0.3 is 12.3 Å². The van der Waals surface area contributed by atoms with E-state index in [-0.39, 0.29) is 19.6 Å². The lowest BCUT2D eigenvalue weighted by Gasteiger charge is -2.25. The van der Waals surface area contributed by atoms with Crippen LogP contribution in [0.3, 0.4) is 0 Å². The van der Waals surface area contributed by atoms with Crippen LogP contribution in [0, 0.1) is 6.92 Å². The predicted octanol–water partition coefficient (Wildman–Crippen LogP) is 2.71. The lowest BCUT2D eigenvalue weighted by atomic mass is 10.2. The highest BCUT2D eigenvalue weighted by molar-refractivity contribution is 5.83. The first kappa shape index (κ1) is 24.5. The largest absolute Gasteiger partial charge is 0.465 e. The summed E-state index contributed by atoms with van der Waals surface area (Å²) in [7, 11) is 0. The molecule has 2 N–H and O–H groups in total. The minimum atomic E-state index is -4.39. The van der Waals surface area contributed by atoms with Gasteiger partial charge in [-0.15, -0.1) is 0 Å². The molecule has 1 aliphatic heterocycles. The van der Waals surface area contributed by atoms with Gasteiger partial charge in [-0.25, -0.2) is 14.5 Å². The molecule has 0 spiro atoms. The van der Waals surface area contributed by atoms with Gasteiger partial charge in [0.05, 0.1) is 36.3 Å². The Bertz CT molecular complexity index is 1450. The Balaban J connectivity index is 1.47. The fraction of sp³-hybridized carbons (Fsp3) is 0.348. The number of anilines is 1. The van der Waals surface area contributed by atoms with E-state index in [0.29, 0.717) is 40.3 Å². The molecule has 37 heavy (non-hydrogen) atoms. The Morgan fingerprint density at radius 3 is 2.70 bits per heavy atom. The van der Waals surface area contributed by atoms with E-state index < -0.39 is 24.9 Å². The summed E-state index contributed by atoms with van der Waals surface area (Å²) in [5.74, 6) is 1.07. The van der Waals surface area contributed by atoms with Gasteiger partial charge in [0.1, 0.15) is 12.4 Å². The Morgan fingerprint density at radius 1 is 1.14 bits per heavy atom. The number of alkyl halides is 3. The Kier molecular flexibility index (Phi) is 6.19. The molecule has 0 saturated carbocycles. The number of rotatable bonds is 4. The van der Waals surface area contributed by atoms with Crippen molar-refractivity contribution in [3.8, 4) is 17.1 Å². The van der Waals surface area contributed by atoms with Crippen molar-refractivity contribution in [3.05, 3.63) is 48.5 Å². The highest BCUT2D eigenvalue weighted by atomic mass is 19.4. The maximum atomic E-state index is 12.7. The number of nitrogens with zero attached hydrogens (tertiary/aromatic N) is 8. The molecule has 1 atom stereocenters. The predicted molar refractivity (Wildman–Crippen MR) is 126 cm³/mol. The average molecular weight is 516 g/mol. The summed E-state index contributed by atoms with van der Waals surface area (Å²) in [6, 6.07) is 5.35. The molecule has 0 bridgehead atoms. The number of fused-ring (bicyclic) bond motifs is 1. The third kappa shape index (κ3) is 5.18. The van der Waals surface area contributed by atoms with Crippen molar-refractivity contribution >= 4 is 22.8 Å². The van der Waals surface area contributed by atoms with Gasteiger partial charge in [0.15, 0.2) is 5.82 Å². The van der Waals surface area contributed by atoms with E-state index in [0.717, 1.165) is 10.2 Å². The third-order valence-electron chi connectivity index (χ3n) is 6.07. The third-order valence-corrected chi connectivity index (χ3v) is 6.07. The van der Waals surface area contributed by atoms with E-state index in [9.17, 15) is 28.2 Å². The minimum absolute atomic E-state index is 0.0176. The number of pyridine rings is 2. The zero-order chi connectivity index (χ0) is 26.3. The Morgan fingerprint density at radius 2 is 1.95 bits per heavy atom. The van der Waals surface area contributed by atoms with E-state index >= 15 is 0 Å². The number of amides is 1. The zero-order valence-corrected chi connectivity index (χ0v) is 19.7. The summed E-state index contributed by atoms with van der Waals surface area (Å²) in [6.45, 7) is 1.50. The van der Waals surface area contributed by atoms with E-state index in [1.165, 1.54) is 17.3 Å². The van der Waals surface area contributed by atoms with Gasteiger partial charge in [0, 0.05) is 43.0 Å². The maximum absolute atomic E-state index is 12.7. The smallest absolute Gasteiger partial charge is 0.408 e. The molecule has 14 heteroatoms. The topological polar surface area (TPSA) is 125 Å². The molecule has 1 aliphatic rings. The zero-order valence-electron chi connectivity index (χ0n) is 19.7. The highest BCUT2D eigenvalue weighted by Gasteiger charge is 2.29. The molecule has 4 aromatic heterocycles. The molecule has 1 unspecified atom stereocenters. The number of carboxylic acid groups (broad SMARTS) is 1. The summed E-state index contributed by atoms with van der Waals surface area (Å²) in [6.07, 6.45) is -0.541. The summed E-state index contributed by atoms with van der Waals surface area (Å²) in [5, 5.41) is 28.6. The minimum Gasteiger partial charge on any atom is -0.465 e. The fourth-order valence-electron chi connectivity index (χ4n) is 4.33. The molecular weight excluding hydrogens is 493 g/mol. The number of aliphatic hydroxyl groups is 1. The van der Waals surface area contributed by atoms with Crippen LogP contribution in [0.5, 0.6) is 0 Å². The van der Waals surface area contributed by atoms with Crippen molar-refractivity contribution in [1.82, 2.24) is 34.4 Å². The molecule has 0 aromatic carbocycles. The van der Waals surface area contributed by atoms with Gasteiger partial charge in [0.25, 0.3) is 0 Å². The van der Waals surface area contributed by atoms with Crippen molar-refractivity contribution in [2.75, 3.05) is 31.1 Å². The van der Waals surface area contributed by atoms with Crippen molar-refractivity contribution in [3.63, 3.8) is 0 Å². The number of hydrogen-bond donors (Lipinski definition) is 2. The summed E-state index contributed by atoms with van der Waals surface area (Å²) in [4.78, 5) is 23.5. The molecule has 11 nitrogen and oxygen atoms in total. The number of β-amino-alcohol motifs (C(OH)–C–C–N with tert-alkyl or cyclic N) is 1. The summed E-state index contributed by atoms with van der Waals surface area (Å²) in [5.41, 5.74) is 2.34. The van der Waals surface area contributed by atoms with Crippen molar-refractivity contribution in [2.24, 2.45) is 0 Å². The van der Waals surface area contributed by atoms with E-state index in [4.69, 9.17) is 4.98 Å². The second-order valence-electron chi connectivity index (χ2n) is 8.86. The molecule has 1 fully saturated rings. The number of halogens is 3. The second-order valence-corrected chi connectivity index (χ2v) is 8.86. The number of aliphatic hydroxyl groups excluding tert-OH is 1. The van der Waals surface area contributed by atoms with E-state index in [1.54, 1.807) is 29.2 Å². The Labute approximate surface area is 208 Å². The van der Waals surface area contributed by atoms with Gasteiger partial charge < -0.3 is 20.0 Å². The van der Waals surface area contributed by atoms with Crippen molar-refractivity contribution in [1.29, 1.82) is 0 Å². The van der Waals surface area contributed by atoms with Crippen LogP contribution in [0.4, 0.5) is 23.8 Å². The first-order valence-electron chi connectivity index (χ1n) is 11.4. The molecule has 0 radical (unpaired) electrons. The molecule has 4 aromatic rings. The molecule has 5 heterocycles. The molecule has 194 valence electrons. The number of carbonyl (C=O) groups is 1. The first-order valence-corrected chi connectivity index (χ1v) is 11.4. The van der Waals surface area contributed by atoms with Crippen LogP contribution in [0.2, 0.25) is 0 Å². The number of hydrogen-bond acceptors (Lipinski definition) is 7. The van der Waals surface area contributed by atoms with Gasteiger partial charge in [-0.1, -0.05) is 6.07 Å². The lowest BCUT2D eigenvalue weighted by molar-refractivity contribution is -0.142. The Hall–Kier alpha value is -4.20. The SMILES string of the molecule is Cc1ccc(-n2ncc3cnc(-c4cnn(CC(F)(F)F)c4)cc32)nc1N1CCN(C(=O)O)CC(O)C1. The number of aryl methyl sites for hydroxylation is 1. The quantitative estimate of drug-likeness (QED) is 0.424. The van der Waals surface area contributed by atoms with Crippen LogP contribution in [0.15, 0.2) is 43.0 Å². The van der Waals surface area contributed by atoms with Gasteiger partial charge in [-0.3, -0.25) is 9.67 Å². The molecule has 1 saturated heterocycles. The second kappa shape index (κ2) is 9.35. The molecule has 1 amide bonds. The lowest BCUT2D eigenvalue weighted by Crippen LogP contribution is -2.36. The van der Waals surface area contributed by atoms with Crippen LogP contribution in [0.25, 0.3) is 28.0 Å². The van der Waals surface area contributed by atoms with Crippen LogP contribution in [-0.4, -0.2) is 89.2 Å². The summed E-state index contributed by atoms with van der Waals surface area (Å²) >= 11 is 0. The van der Waals surface area contributed by atoms with Gasteiger partial charge in [-0.2, -0.15) is 23.4 Å². The van der Waals surface area contributed by atoms with Crippen LogP contribution in [-0.2, 0) is 6.54 Å². The fourth-order valence-corrected chi connectivity index (χ4v) is 4.33. The molecule has 0 aliphatic carbocycles. The molecule has 5 rings (SSSR count). The van der Waals surface area contributed by atoms with Crippen LogP contribution in [0.1, 0.15) is 5.56 Å². The standard InChI is InChI=1S/C23H23F3N8O3/c1-14-2-3-20(30-21(14)31-4-5-32(22(36)37)12-17(35)11-31)34-19-6-18(27-7-15(19)8-29-34)16-9-28-33(10-16)13-23(24,25)26/h2-3,6-10,17,35H,4-5,11-13H2,1H3,(H,36,37). The van der Waals surface area contributed by atoms with Crippen molar-refractivity contribution < 1.29 is 28.2 Å². The first-order chi connectivity index (χ1) is 17.6. The average Bonchev–Trinajstić information content (AvgIpc) is 3.41. The van der Waals surface area contributed by atoms with Crippen molar-refractivity contribution in [2.45, 2.75) is 25.7 Å². The maximum Gasteiger partial charge on any atom is 0.408 e. The highest BCUT2D eigenvalue weighted by Crippen LogP contribution is 2.26.